The third-order valence-electron chi connectivity index (χ3n) is 4.90. The predicted molar refractivity (Wildman–Crippen MR) is 108 cm³/mol. The molecule has 0 bridgehead atoms. The zero-order valence-corrected chi connectivity index (χ0v) is 17.4. The van der Waals surface area contributed by atoms with Gasteiger partial charge in [0.15, 0.2) is 0 Å². The third kappa shape index (κ3) is 4.16. The smallest absolute Gasteiger partial charge is 0.281 e. The van der Waals surface area contributed by atoms with Crippen LogP contribution in [0.3, 0.4) is 0 Å². The normalized spacial score (nSPS) is 18.4. The van der Waals surface area contributed by atoms with Gasteiger partial charge in [-0.2, -0.15) is 17.0 Å². The van der Waals surface area contributed by atoms with Crippen molar-refractivity contribution < 1.29 is 12.8 Å². The Hall–Kier alpha value is -2.10. The van der Waals surface area contributed by atoms with Crippen LogP contribution in [0.15, 0.2) is 30.5 Å². The van der Waals surface area contributed by atoms with E-state index >= 15 is 0 Å². The highest BCUT2D eigenvalue weighted by molar-refractivity contribution is 7.86. The van der Waals surface area contributed by atoms with Crippen LogP contribution in [0, 0.1) is 5.82 Å². The highest BCUT2D eigenvalue weighted by Crippen LogP contribution is 2.35. The van der Waals surface area contributed by atoms with Crippen LogP contribution in [0.2, 0.25) is 0 Å². The fourth-order valence-corrected chi connectivity index (χ4v) is 4.59. The monoisotopic (exact) mass is 407 g/mol. The summed E-state index contributed by atoms with van der Waals surface area (Å²) in [5.74, 6) is 0.117. The summed E-state index contributed by atoms with van der Waals surface area (Å²) in [6.07, 6.45) is 3.25. The molecule has 1 atom stereocenters. The lowest BCUT2D eigenvalue weighted by atomic mass is 9.91. The molecule has 0 amide bonds. The summed E-state index contributed by atoms with van der Waals surface area (Å²) in [4.78, 5) is 10.9. The first-order valence-corrected chi connectivity index (χ1v) is 10.6. The van der Waals surface area contributed by atoms with E-state index in [0.717, 1.165) is 24.1 Å². The summed E-state index contributed by atoms with van der Waals surface area (Å²) in [7, 11) is 3.27. The zero-order chi connectivity index (χ0) is 20.5. The predicted octanol–water partition coefficient (Wildman–Crippen LogP) is 2.33. The van der Waals surface area contributed by atoms with Crippen LogP contribution in [0.4, 0.5) is 10.3 Å². The Labute approximate surface area is 166 Å². The van der Waals surface area contributed by atoms with Crippen molar-refractivity contribution in [2.45, 2.75) is 18.8 Å². The Bertz CT molecular complexity index is 949. The molecule has 1 saturated heterocycles. The van der Waals surface area contributed by atoms with E-state index in [9.17, 15) is 12.8 Å². The van der Waals surface area contributed by atoms with Gasteiger partial charge in [0.1, 0.15) is 5.82 Å². The topological polar surface area (TPSA) is 69.6 Å². The Morgan fingerprint density at radius 3 is 2.61 bits per heavy atom. The van der Waals surface area contributed by atoms with E-state index in [4.69, 9.17) is 4.98 Å². The van der Waals surface area contributed by atoms with Crippen molar-refractivity contribution >= 4 is 16.2 Å². The van der Waals surface area contributed by atoms with Gasteiger partial charge in [-0.05, 0) is 30.5 Å². The van der Waals surface area contributed by atoms with Crippen LogP contribution in [0.5, 0.6) is 0 Å². The summed E-state index contributed by atoms with van der Waals surface area (Å²) in [5, 5.41) is 0. The second-order valence-electron chi connectivity index (χ2n) is 7.36. The van der Waals surface area contributed by atoms with E-state index in [-0.39, 0.29) is 11.7 Å². The quantitative estimate of drug-likeness (QED) is 0.761. The zero-order valence-electron chi connectivity index (χ0n) is 16.6. The van der Waals surface area contributed by atoms with Gasteiger partial charge in [-0.3, -0.25) is 0 Å². The molecular weight excluding hydrogens is 381 g/mol. The van der Waals surface area contributed by atoms with Crippen LogP contribution in [0.1, 0.15) is 24.5 Å². The van der Waals surface area contributed by atoms with E-state index in [0.29, 0.717) is 24.6 Å². The highest BCUT2D eigenvalue weighted by Gasteiger charge is 2.33. The van der Waals surface area contributed by atoms with Gasteiger partial charge in [0.05, 0.1) is 5.69 Å². The molecule has 0 aliphatic carbocycles. The number of aromatic nitrogens is 2. The highest BCUT2D eigenvalue weighted by atomic mass is 32.2. The summed E-state index contributed by atoms with van der Waals surface area (Å²) in [5.41, 5.74) is 2.18. The van der Waals surface area contributed by atoms with Crippen LogP contribution >= 0.6 is 0 Å². The molecule has 2 heterocycles. The molecule has 0 radical (unpaired) electrons. The summed E-state index contributed by atoms with van der Waals surface area (Å²) >= 11 is 0. The van der Waals surface area contributed by atoms with E-state index in [1.807, 2.05) is 20.2 Å². The lowest BCUT2D eigenvalue weighted by Crippen LogP contribution is -2.45. The number of nitrogens with zero attached hydrogens (tertiary/aromatic N) is 5. The van der Waals surface area contributed by atoms with Gasteiger partial charge in [-0.25, -0.2) is 14.4 Å². The number of hydrogen-bond acceptors (Lipinski definition) is 5. The molecule has 3 rings (SSSR count). The van der Waals surface area contributed by atoms with Gasteiger partial charge in [-0.1, -0.05) is 12.1 Å². The van der Waals surface area contributed by atoms with Crippen molar-refractivity contribution in [1.82, 2.24) is 18.6 Å². The van der Waals surface area contributed by atoms with Crippen LogP contribution in [0.25, 0.3) is 11.1 Å². The Morgan fingerprint density at radius 1 is 1.21 bits per heavy atom. The first kappa shape index (κ1) is 20.6. The van der Waals surface area contributed by atoms with E-state index < -0.39 is 10.2 Å². The lowest BCUT2D eigenvalue weighted by molar-refractivity contribution is 0.296. The largest absolute Gasteiger partial charge is 0.347 e. The fraction of sp³-hybridized carbons (Fsp3) is 0.474. The maximum Gasteiger partial charge on any atom is 0.281 e. The number of piperidine rings is 1. The number of halogens is 1. The Kier molecular flexibility index (Phi) is 5.97. The first-order valence-electron chi connectivity index (χ1n) is 9.18. The lowest BCUT2D eigenvalue weighted by Gasteiger charge is -2.34. The van der Waals surface area contributed by atoms with E-state index in [1.54, 1.807) is 17.2 Å². The number of rotatable bonds is 5. The molecule has 0 N–H and O–H groups in total. The molecular formula is C19H26FN5O2S. The second-order valence-corrected chi connectivity index (χ2v) is 9.50. The van der Waals surface area contributed by atoms with Gasteiger partial charge in [-0.15, -0.1) is 0 Å². The molecule has 1 fully saturated rings. The molecule has 2 aromatic rings. The summed E-state index contributed by atoms with van der Waals surface area (Å²) < 4.78 is 41.7. The van der Waals surface area contributed by atoms with Crippen LogP contribution in [-0.2, 0) is 10.2 Å². The molecule has 28 heavy (non-hydrogen) atoms. The summed E-state index contributed by atoms with van der Waals surface area (Å²) in [6.45, 7) is 0.824. The minimum atomic E-state index is -3.50. The van der Waals surface area contributed by atoms with Gasteiger partial charge < -0.3 is 4.90 Å². The van der Waals surface area contributed by atoms with Crippen molar-refractivity contribution in [3.05, 3.63) is 42.0 Å². The van der Waals surface area contributed by atoms with Crippen molar-refractivity contribution in [1.29, 1.82) is 0 Å². The van der Waals surface area contributed by atoms with Crippen molar-refractivity contribution in [3.8, 4) is 11.1 Å². The summed E-state index contributed by atoms with van der Waals surface area (Å²) in [6, 6.07) is 6.31. The van der Waals surface area contributed by atoms with Crippen molar-refractivity contribution in [2.75, 3.05) is 46.2 Å². The van der Waals surface area contributed by atoms with Gasteiger partial charge in [0.2, 0.25) is 5.95 Å². The minimum Gasteiger partial charge on any atom is -0.347 e. The van der Waals surface area contributed by atoms with E-state index in [1.165, 1.54) is 34.8 Å². The minimum absolute atomic E-state index is 0.0940. The molecule has 152 valence electrons. The molecule has 9 heteroatoms. The van der Waals surface area contributed by atoms with E-state index in [2.05, 4.69) is 4.98 Å². The maximum absolute atomic E-state index is 13.8. The van der Waals surface area contributed by atoms with Crippen molar-refractivity contribution in [3.63, 3.8) is 0 Å². The molecule has 1 aromatic carbocycles. The SMILES string of the molecule is CN(C)c1ncc(-c2cccc(F)c2)c([C@@H]2CCCN(S(=O)(=O)N(C)C)C2)n1. The molecule has 1 aliphatic rings. The fourth-order valence-electron chi connectivity index (χ4n) is 3.40. The van der Waals surface area contributed by atoms with Gasteiger partial charge in [0, 0.05) is 59.0 Å². The number of benzene rings is 1. The molecule has 0 spiro atoms. The third-order valence-corrected chi connectivity index (χ3v) is 6.81. The van der Waals surface area contributed by atoms with Gasteiger partial charge >= 0.3 is 0 Å². The first-order chi connectivity index (χ1) is 13.2. The number of hydrogen-bond donors (Lipinski definition) is 0. The standard InChI is InChI=1S/C19H26FN5O2S/c1-23(2)19-21-12-17(14-7-5-9-16(20)11-14)18(22-19)15-8-6-10-25(13-15)28(26,27)24(3)4/h5,7,9,11-12,15H,6,8,10,13H2,1-4H3/t15-/m1/s1. The second kappa shape index (κ2) is 8.10. The average molecular weight is 408 g/mol. The van der Waals surface area contributed by atoms with Crippen LogP contribution in [-0.4, -0.2) is 68.3 Å². The molecule has 7 nitrogen and oxygen atoms in total. The Balaban J connectivity index is 2.05. The van der Waals surface area contributed by atoms with Gasteiger partial charge in [0.25, 0.3) is 10.2 Å². The number of anilines is 1. The molecule has 1 aliphatic heterocycles. The van der Waals surface area contributed by atoms with Crippen LogP contribution < -0.4 is 4.90 Å². The molecule has 0 saturated carbocycles. The molecule has 1 aromatic heterocycles. The molecule has 0 unspecified atom stereocenters. The Morgan fingerprint density at radius 2 is 1.96 bits per heavy atom. The maximum atomic E-state index is 13.8. The van der Waals surface area contributed by atoms with Crippen molar-refractivity contribution in [2.24, 2.45) is 0 Å². The average Bonchev–Trinajstić information content (AvgIpc) is 2.67.